The number of ether oxygens (including phenoxy) is 3. The Labute approximate surface area is 169 Å². The number of hydrogen-bond donors (Lipinski definition) is 2. The Balaban J connectivity index is 1.13. The average Bonchev–Trinajstić information content (AvgIpc) is 3.43. The minimum absolute atomic E-state index is 0.0477. The average molecular weight is 401 g/mol. The first-order valence-corrected chi connectivity index (χ1v) is 10.4. The lowest BCUT2D eigenvalue weighted by Gasteiger charge is -2.29. The van der Waals surface area contributed by atoms with Crippen LogP contribution in [-0.4, -0.2) is 61.4 Å². The number of nitrogens with one attached hydrogen (secondary N) is 1. The molecular formula is C21H27N3O5. The molecule has 3 N–H and O–H groups in total. The van der Waals surface area contributed by atoms with Gasteiger partial charge in [-0.25, -0.2) is 0 Å². The van der Waals surface area contributed by atoms with Crippen molar-refractivity contribution in [1.82, 2.24) is 10.2 Å². The molecule has 0 saturated carbocycles. The van der Waals surface area contributed by atoms with Crippen LogP contribution in [-0.2, 0) is 20.7 Å². The second-order valence-corrected chi connectivity index (χ2v) is 8.66. The van der Waals surface area contributed by atoms with Gasteiger partial charge in [0.15, 0.2) is 11.5 Å². The van der Waals surface area contributed by atoms with E-state index in [4.69, 9.17) is 19.9 Å². The van der Waals surface area contributed by atoms with Crippen molar-refractivity contribution in [2.24, 2.45) is 17.6 Å². The fourth-order valence-corrected chi connectivity index (χ4v) is 5.57. The summed E-state index contributed by atoms with van der Waals surface area (Å²) >= 11 is 0. The predicted octanol–water partition coefficient (Wildman–Crippen LogP) is 0.429. The number of rotatable bonds is 7. The molecule has 4 aliphatic heterocycles. The second kappa shape index (κ2) is 7.18. The monoisotopic (exact) mass is 401 g/mol. The first-order chi connectivity index (χ1) is 14.0. The van der Waals surface area contributed by atoms with Crippen LogP contribution in [0.1, 0.15) is 24.8 Å². The number of benzene rings is 1. The van der Waals surface area contributed by atoms with E-state index < -0.39 is 0 Å². The molecule has 0 aromatic heterocycles. The predicted molar refractivity (Wildman–Crippen MR) is 103 cm³/mol. The second-order valence-electron chi connectivity index (χ2n) is 8.66. The third-order valence-electron chi connectivity index (χ3n) is 6.85. The van der Waals surface area contributed by atoms with Crippen LogP contribution in [0.4, 0.5) is 0 Å². The maximum Gasteiger partial charge on any atom is 0.231 e. The summed E-state index contributed by atoms with van der Waals surface area (Å²) in [7, 11) is 0. The Morgan fingerprint density at radius 3 is 3.00 bits per heavy atom. The van der Waals surface area contributed by atoms with Gasteiger partial charge in [0.25, 0.3) is 0 Å². The van der Waals surface area contributed by atoms with Crippen molar-refractivity contribution >= 4 is 11.8 Å². The van der Waals surface area contributed by atoms with E-state index in [0.29, 0.717) is 31.2 Å². The summed E-state index contributed by atoms with van der Waals surface area (Å²) in [6, 6.07) is 5.80. The Morgan fingerprint density at radius 2 is 2.14 bits per heavy atom. The number of nitrogens with two attached hydrogens (primary N) is 1. The number of aryl methyl sites for hydroxylation is 1. The lowest BCUT2D eigenvalue weighted by atomic mass is 9.73. The number of fused-ring (bicyclic) bond motifs is 2. The SMILES string of the molecule is NC(=O)CN1C[C@@H]2[C@H](CNC(=O)CCc3ccc4c(c3)OCO4)[C@H]3CC[C@]2(C1)O3. The lowest BCUT2D eigenvalue weighted by Crippen LogP contribution is -2.41. The van der Waals surface area contributed by atoms with Crippen LogP contribution in [0.25, 0.3) is 0 Å². The highest BCUT2D eigenvalue weighted by molar-refractivity contribution is 5.76. The van der Waals surface area contributed by atoms with Crippen molar-refractivity contribution in [2.75, 3.05) is 33.0 Å². The molecule has 3 saturated heterocycles. The molecule has 1 aromatic carbocycles. The molecule has 2 bridgehead atoms. The summed E-state index contributed by atoms with van der Waals surface area (Å²) in [6.07, 6.45) is 3.36. The van der Waals surface area contributed by atoms with Gasteiger partial charge in [-0.1, -0.05) is 6.07 Å². The third-order valence-corrected chi connectivity index (χ3v) is 6.85. The van der Waals surface area contributed by atoms with Crippen molar-refractivity contribution < 1.29 is 23.8 Å². The highest BCUT2D eigenvalue weighted by Gasteiger charge is 2.62. The van der Waals surface area contributed by atoms with Gasteiger partial charge in [-0.15, -0.1) is 0 Å². The van der Waals surface area contributed by atoms with Crippen LogP contribution in [0.5, 0.6) is 11.5 Å². The van der Waals surface area contributed by atoms with E-state index in [1.54, 1.807) is 0 Å². The molecule has 2 amide bonds. The zero-order valence-electron chi connectivity index (χ0n) is 16.4. The quantitative estimate of drug-likeness (QED) is 0.687. The zero-order chi connectivity index (χ0) is 20.0. The van der Waals surface area contributed by atoms with Gasteiger partial charge in [0, 0.05) is 37.9 Å². The molecule has 1 aromatic rings. The summed E-state index contributed by atoms with van der Waals surface area (Å²) < 4.78 is 17.1. The smallest absolute Gasteiger partial charge is 0.231 e. The van der Waals surface area contributed by atoms with Crippen LogP contribution in [0.2, 0.25) is 0 Å². The van der Waals surface area contributed by atoms with Crippen molar-refractivity contribution in [3.8, 4) is 11.5 Å². The molecule has 0 aliphatic carbocycles. The maximum absolute atomic E-state index is 12.4. The van der Waals surface area contributed by atoms with Gasteiger partial charge in [-0.2, -0.15) is 0 Å². The van der Waals surface area contributed by atoms with Gasteiger partial charge in [0.1, 0.15) is 0 Å². The Morgan fingerprint density at radius 1 is 1.28 bits per heavy atom. The first kappa shape index (κ1) is 18.7. The van der Waals surface area contributed by atoms with Crippen LogP contribution in [0.15, 0.2) is 18.2 Å². The van der Waals surface area contributed by atoms with Crippen molar-refractivity contribution in [3.05, 3.63) is 23.8 Å². The standard InChI is InChI=1S/C21H27N3O5/c22-19(25)10-24-9-15-14(16-5-6-21(15,11-24)29-16)8-23-20(26)4-2-13-1-3-17-18(7-13)28-12-27-17/h1,3,7,14-16H,2,4-6,8-12H2,(H2,22,25)(H,23,26)/t14-,15+,16+,21+/m0/s1. The molecule has 0 unspecified atom stereocenters. The highest BCUT2D eigenvalue weighted by Crippen LogP contribution is 2.54. The fraction of sp³-hybridized carbons (Fsp3) is 0.619. The number of carbonyl (C=O) groups is 2. The largest absolute Gasteiger partial charge is 0.454 e. The number of likely N-dealkylation sites (tertiary alicyclic amines) is 1. The van der Waals surface area contributed by atoms with Crippen LogP contribution in [0, 0.1) is 11.8 Å². The number of amides is 2. The van der Waals surface area contributed by atoms with Crippen LogP contribution in [0.3, 0.4) is 0 Å². The van der Waals surface area contributed by atoms with Gasteiger partial charge >= 0.3 is 0 Å². The molecular weight excluding hydrogens is 374 g/mol. The molecule has 4 atom stereocenters. The lowest BCUT2D eigenvalue weighted by molar-refractivity contribution is -0.121. The molecule has 156 valence electrons. The fourth-order valence-electron chi connectivity index (χ4n) is 5.57. The molecule has 8 heteroatoms. The van der Waals surface area contributed by atoms with E-state index in [1.165, 1.54) is 0 Å². The number of carbonyl (C=O) groups excluding carboxylic acids is 2. The zero-order valence-corrected chi connectivity index (χ0v) is 16.4. The normalized spacial score (nSPS) is 31.8. The van der Waals surface area contributed by atoms with Crippen LogP contribution >= 0.6 is 0 Å². The molecule has 0 radical (unpaired) electrons. The van der Waals surface area contributed by atoms with Crippen molar-refractivity contribution in [1.29, 1.82) is 0 Å². The summed E-state index contributed by atoms with van der Waals surface area (Å²) in [5, 5.41) is 3.11. The molecule has 8 nitrogen and oxygen atoms in total. The molecule has 5 rings (SSSR count). The molecule has 3 fully saturated rings. The molecule has 4 aliphatic rings. The minimum Gasteiger partial charge on any atom is -0.454 e. The number of primary amides is 1. The minimum atomic E-state index is -0.302. The summed E-state index contributed by atoms with van der Waals surface area (Å²) in [5.41, 5.74) is 6.28. The maximum atomic E-state index is 12.4. The van der Waals surface area contributed by atoms with E-state index >= 15 is 0 Å². The van der Waals surface area contributed by atoms with Crippen molar-refractivity contribution in [2.45, 2.75) is 37.4 Å². The Bertz CT molecular complexity index is 831. The van der Waals surface area contributed by atoms with E-state index in [9.17, 15) is 9.59 Å². The highest BCUT2D eigenvalue weighted by atomic mass is 16.7. The summed E-state index contributed by atoms with van der Waals surface area (Å²) in [4.78, 5) is 25.8. The molecule has 4 heterocycles. The summed E-state index contributed by atoms with van der Waals surface area (Å²) in [5.74, 6) is 1.90. The van der Waals surface area contributed by atoms with Gasteiger partial charge in [-0.05, 0) is 37.0 Å². The van der Waals surface area contributed by atoms with E-state index in [-0.39, 0.29) is 36.9 Å². The molecule has 29 heavy (non-hydrogen) atoms. The summed E-state index contributed by atoms with van der Waals surface area (Å²) in [6.45, 7) is 2.74. The van der Waals surface area contributed by atoms with Gasteiger partial charge in [0.2, 0.25) is 18.6 Å². The van der Waals surface area contributed by atoms with Crippen molar-refractivity contribution in [3.63, 3.8) is 0 Å². The third kappa shape index (κ3) is 3.44. The number of hydrogen-bond acceptors (Lipinski definition) is 6. The van der Waals surface area contributed by atoms with E-state index in [2.05, 4.69) is 10.2 Å². The van der Waals surface area contributed by atoms with Crippen LogP contribution < -0.4 is 20.5 Å². The first-order valence-electron chi connectivity index (χ1n) is 10.4. The molecule has 1 spiro atoms. The number of nitrogens with zero attached hydrogens (tertiary/aromatic N) is 1. The Hall–Kier alpha value is -2.32. The van der Waals surface area contributed by atoms with E-state index in [1.807, 2.05) is 18.2 Å². The topological polar surface area (TPSA) is 103 Å². The van der Waals surface area contributed by atoms with Gasteiger partial charge in [-0.3, -0.25) is 14.5 Å². The Kier molecular flexibility index (Phi) is 4.63. The van der Waals surface area contributed by atoms with Gasteiger partial charge in [0.05, 0.1) is 18.2 Å². The van der Waals surface area contributed by atoms with E-state index in [0.717, 1.165) is 43.0 Å². The van der Waals surface area contributed by atoms with Gasteiger partial charge < -0.3 is 25.3 Å².